The van der Waals surface area contributed by atoms with Crippen molar-refractivity contribution in [1.82, 2.24) is 4.57 Å². The summed E-state index contributed by atoms with van der Waals surface area (Å²) in [5.74, 6) is 0.422. The number of hydrogen-bond donors (Lipinski definition) is 3. The second-order valence-electron chi connectivity index (χ2n) is 15.5. The number of aromatic nitrogens is 2. The Labute approximate surface area is 367 Å². The summed E-state index contributed by atoms with van der Waals surface area (Å²) < 4.78 is 4.58. The lowest BCUT2D eigenvalue weighted by molar-refractivity contribution is -0.634. The zero-order valence-electron chi connectivity index (χ0n) is 36.3. The first-order valence-electron chi connectivity index (χ1n) is 19.6. The van der Waals surface area contributed by atoms with Crippen molar-refractivity contribution in [3.63, 3.8) is 0 Å². The van der Waals surface area contributed by atoms with E-state index in [2.05, 4.69) is 138 Å². The molecule has 0 fully saturated rings. The number of aliphatic imine (C=N–C) groups is 1. The summed E-state index contributed by atoms with van der Waals surface area (Å²) in [5.41, 5.74) is 32.2. The third-order valence-electron chi connectivity index (χ3n) is 10.6. The summed E-state index contributed by atoms with van der Waals surface area (Å²) in [6.45, 7) is 18.7. The van der Waals surface area contributed by atoms with Crippen LogP contribution in [0.2, 0.25) is 0 Å². The molecule has 2 heterocycles. The summed E-state index contributed by atoms with van der Waals surface area (Å²) in [5, 5.41) is 8.84. The number of imidazole rings is 1. The smallest absolute Gasteiger partial charge is 0.336 e. The molecule has 8 heteroatoms. The molecule has 0 bridgehead atoms. The van der Waals surface area contributed by atoms with E-state index in [0.29, 0.717) is 16.9 Å². The van der Waals surface area contributed by atoms with Crippen molar-refractivity contribution in [3.8, 4) is 11.4 Å². The van der Waals surface area contributed by atoms with E-state index in [9.17, 15) is 4.79 Å². The van der Waals surface area contributed by atoms with Crippen LogP contribution in [0.3, 0.4) is 0 Å². The van der Waals surface area contributed by atoms with E-state index in [0.717, 1.165) is 28.8 Å². The molecule has 59 heavy (non-hydrogen) atoms. The number of benzene rings is 6. The van der Waals surface area contributed by atoms with Gasteiger partial charge in [-0.15, -0.1) is 0 Å². The summed E-state index contributed by atoms with van der Waals surface area (Å²) >= 11 is 0. The first-order chi connectivity index (χ1) is 27.5. The molecular weight excluding hydrogens is 841 g/mol. The topological polar surface area (TPSA) is 111 Å². The lowest BCUT2D eigenvalue weighted by Gasteiger charge is -2.11. The maximum Gasteiger partial charge on any atom is 0.336 e. The molecule has 306 valence electrons. The third kappa shape index (κ3) is 10.7. The van der Waals surface area contributed by atoms with Crippen LogP contribution >= 0.6 is 0 Å². The fourth-order valence-electron chi connectivity index (χ4n) is 8.30. The summed E-state index contributed by atoms with van der Waals surface area (Å²) in [6, 6.07) is 37.0. The number of carboxylic acids is 1. The molecule has 0 aliphatic carbocycles. The van der Waals surface area contributed by atoms with Crippen LogP contribution in [0, 0.1) is 62.3 Å². The lowest BCUT2D eigenvalue weighted by atomic mass is 9.94. The van der Waals surface area contributed by atoms with Gasteiger partial charge in [-0.2, -0.15) is 0 Å². The van der Waals surface area contributed by atoms with Gasteiger partial charge in [0.2, 0.25) is 0 Å². The van der Waals surface area contributed by atoms with Crippen LogP contribution in [0.25, 0.3) is 22.4 Å². The van der Waals surface area contributed by atoms with Crippen LogP contribution in [0.4, 0.5) is 17.1 Å². The number of hydrogen-bond acceptors (Lipinski definition) is 4. The fourth-order valence-corrected chi connectivity index (χ4v) is 8.30. The zero-order valence-corrected chi connectivity index (χ0v) is 38.5. The average Bonchev–Trinajstić information content (AvgIpc) is 3.67. The predicted molar refractivity (Wildman–Crippen MR) is 244 cm³/mol. The van der Waals surface area contributed by atoms with Gasteiger partial charge in [-0.3, -0.25) is 4.99 Å². The van der Waals surface area contributed by atoms with Gasteiger partial charge < -0.3 is 40.6 Å². The van der Waals surface area contributed by atoms with E-state index in [1.54, 1.807) is 12.1 Å². The molecule has 5 N–H and O–H groups in total. The van der Waals surface area contributed by atoms with Crippen molar-refractivity contribution >= 4 is 39.8 Å². The largest absolute Gasteiger partial charge is 1.00 e. The quantitative estimate of drug-likeness (QED) is 0.0948. The summed E-state index contributed by atoms with van der Waals surface area (Å²) in [7, 11) is 4.30. The number of anilines is 2. The Balaban J connectivity index is 0.000000182. The van der Waals surface area contributed by atoms with Crippen LogP contribution in [-0.2, 0) is 20.5 Å². The molecule has 8 rings (SSSR count). The maximum absolute atomic E-state index is 10.8. The molecule has 0 atom stereocenters. The number of halogens is 1. The minimum Gasteiger partial charge on any atom is -1.00 e. The molecule has 7 nitrogen and oxygen atoms in total. The number of nitrogens with two attached hydrogens (primary N) is 2. The molecule has 0 saturated carbocycles. The van der Waals surface area contributed by atoms with Gasteiger partial charge in [-0.05, 0) is 132 Å². The summed E-state index contributed by atoms with van der Waals surface area (Å²) in [6.07, 6.45) is 0.959. The SMILES string of the molecule is Cc1cc(C)c(-c2n(C)c3ccccc3[n+]2C)c(C)c1.Cc1cc(C)c(C(=O)O)c(C)c1.Cc1cc(C)c(C2=Nc3ccccc3C2)c(C)c1.Nc1ccccc1N.[I-]. The van der Waals surface area contributed by atoms with Crippen molar-refractivity contribution in [2.24, 2.45) is 19.1 Å². The van der Waals surface area contributed by atoms with E-state index in [1.807, 2.05) is 45.0 Å². The number of aromatic carboxylic acids is 1. The zero-order chi connectivity index (χ0) is 42.4. The van der Waals surface area contributed by atoms with Crippen molar-refractivity contribution in [2.45, 2.75) is 68.7 Å². The van der Waals surface area contributed by atoms with E-state index in [-0.39, 0.29) is 24.0 Å². The Kier molecular flexibility index (Phi) is 15.4. The van der Waals surface area contributed by atoms with Gasteiger partial charge in [-0.1, -0.05) is 95.6 Å². The second-order valence-corrected chi connectivity index (χ2v) is 15.5. The number of carboxylic acid groups (broad SMARTS) is 1. The molecule has 0 amide bonds. The average molecular weight is 900 g/mol. The Hall–Kier alpha value is -5.74. The first-order valence-corrected chi connectivity index (χ1v) is 19.6. The van der Waals surface area contributed by atoms with Gasteiger partial charge in [0, 0.05) is 12.0 Å². The number of nitrogens with zero attached hydrogens (tertiary/aromatic N) is 3. The first kappa shape index (κ1) is 46.0. The monoisotopic (exact) mass is 899 g/mol. The standard InChI is InChI=1S/C18H21N2.C17H17N.C10H12O2.C6H8N2.HI/c1-12-10-13(2)17(14(3)11-12)18-19(4)15-8-6-7-9-16(15)20(18)5;1-11-8-12(2)17(13(3)9-11)16-10-14-6-4-5-7-15(14)18-16;1-6-4-7(2)9(10(11)12)8(3)5-6;7-5-3-1-2-4-6(5)8;/h6-11H,1-5H3;4-9H,10H2,1-3H3;4-5H,1-3H3,(H,11,12);1-4H,7-8H2;1H/q+1;;;;/p-1. The molecule has 1 aliphatic heterocycles. The van der Waals surface area contributed by atoms with Crippen LogP contribution in [-0.4, -0.2) is 21.4 Å². The fraction of sp³-hybridized carbons (Fsp3) is 0.235. The highest BCUT2D eigenvalue weighted by atomic mass is 127. The van der Waals surface area contributed by atoms with Crippen LogP contribution in [0.15, 0.2) is 114 Å². The molecule has 0 unspecified atom stereocenters. The van der Waals surface area contributed by atoms with Crippen LogP contribution in [0.5, 0.6) is 0 Å². The van der Waals surface area contributed by atoms with Crippen molar-refractivity contribution in [1.29, 1.82) is 0 Å². The van der Waals surface area contributed by atoms with Gasteiger partial charge in [-0.25, -0.2) is 13.9 Å². The normalized spacial score (nSPS) is 11.1. The van der Waals surface area contributed by atoms with E-state index in [1.165, 1.54) is 72.6 Å². The molecular formula is C51H58IN5O2. The number of nitrogen functional groups attached to an aromatic ring is 2. The number of rotatable bonds is 3. The highest BCUT2D eigenvalue weighted by Gasteiger charge is 2.24. The number of fused-ring (bicyclic) bond motifs is 2. The Morgan fingerprint density at radius 1 is 0.627 bits per heavy atom. The highest BCUT2D eigenvalue weighted by molar-refractivity contribution is 6.08. The van der Waals surface area contributed by atoms with Gasteiger partial charge in [0.05, 0.1) is 48.0 Å². The van der Waals surface area contributed by atoms with Gasteiger partial charge >= 0.3 is 5.97 Å². The molecule has 0 saturated heterocycles. The Morgan fingerprint density at radius 3 is 1.51 bits per heavy atom. The van der Waals surface area contributed by atoms with E-state index >= 15 is 0 Å². The minimum absolute atomic E-state index is 0. The number of carbonyl (C=O) groups is 1. The van der Waals surface area contributed by atoms with Gasteiger partial charge in [0.25, 0.3) is 5.82 Å². The Bertz CT molecular complexity index is 2540. The van der Waals surface area contributed by atoms with Gasteiger partial charge in [0.15, 0.2) is 11.0 Å². The lowest BCUT2D eigenvalue weighted by Crippen LogP contribution is -3.00. The third-order valence-corrected chi connectivity index (χ3v) is 10.6. The van der Waals surface area contributed by atoms with Crippen LogP contribution in [0.1, 0.15) is 71.6 Å². The molecule has 1 aromatic heterocycles. The maximum atomic E-state index is 10.8. The van der Waals surface area contributed by atoms with Gasteiger partial charge in [0.1, 0.15) is 0 Å². The molecule has 6 aromatic carbocycles. The van der Waals surface area contributed by atoms with Crippen molar-refractivity contribution < 1.29 is 38.4 Å². The minimum atomic E-state index is -0.843. The molecule has 1 aliphatic rings. The molecule has 7 aromatic rings. The highest BCUT2D eigenvalue weighted by Crippen LogP contribution is 2.31. The summed E-state index contributed by atoms with van der Waals surface area (Å²) in [4.78, 5) is 15.5. The number of para-hydroxylation sites is 5. The Morgan fingerprint density at radius 2 is 1.05 bits per heavy atom. The van der Waals surface area contributed by atoms with Crippen molar-refractivity contribution in [2.75, 3.05) is 11.5 Å². The van der Waals surface area contributed by atoms with Crippen molar-refractivity contribution in [3.05, 3.63) is 176 Å². The van der Waals surface area contributed by atoms with E-state index < -0.39 is 5.97 Å². The van der Waals surface area contributed by atoms with Crippen LogP contribution < -0.4 is 40.0 Å². The predicted octanol–water partition coefficient (Wildman–Crippen LogP) is 8.05. The van der Waals surface area contributed by atoms with E-state index in [4.69, 9.17) is 21.6 Å². The second kappa shape index (κ2) is 19.8. The molecule has 0 radical (unpaired) electrons. The number of aryl methyl sites for hydroxylation is 11. The molecule has 0 spiro atoms.